The van der Waals surface area contributed by atoms with Crippen molar-refractivity contribution in [3.8, 4) is 0 Å². The Morgan fingerprint density at radius 2 is 1.87 bits per heavy atom. The highest BCUT2D eigenvalue weighted by Gasteiger charge is 2.29. The van der Waals surface area contributed by atoms with Gasteiger partial charge in [-0.15, -0.1) is 0 Å². The first-order valence-corrected chi connectivity index (χ1v) is 7.86. The summed E-state index contributed by atoms with van der Waals surface area (Å²) in [6.45, 7) is 2.14. The van der Waals surface area contributed by atoms with Gasteiger partial charge < -0.3 is 10.8 Å². The summed E-state index contributed by atoms with van der Waals surface area (Å²) in [5.41, 5.74) is 5.70. The van der Waals surface area contributed by atoms with Crippen LogP contribution in [0.2, 0.25) is 0 Å². The quantitative estimate of drug-likeness (QED) is 0.716. The third-order valence-corrected chi connectivity index (χ3v) is 4.19. The Morgan fingerprint density at radius 3 is 2.30 bits per heavy atom. The summed E-state index contributed by atoms with van der Waals surface area (Å²) >= 11 is 0. The van der Waals surface area contributed by atoms with Gasteiger partial charge >= 0.3 is 12.1 Å². The van der Waals surface area contributed by atoms with Crippen molar-refractivity contribution in [2.45, 2.75) is 45.2 Å². The number of rotatable bonds is 9. The fraction of sp³-hybridized carbons (Fsp3) is 0.588. The minimum Gasteiger partial charge on any atom is -0.481 e. The van der Waals surface area contributed by atoms with Gasteiger partial charge in [-0.05, 0) is 42.9 Å². The molecule has 2 unspecified atom stereocenters. The molecule has 3 N–H and O–H groups in total. The molecule has 0 fully saturated rings. The van der Waals surface area contributed by atoms with Crippen molar-refractivity contribution in [2.75, 3.05) is 6.54 Å². The van der Waals surface area contributed by atoms with Crippen LogP contribution in [0.1, 0.15) is 43.7 Å². The Bertz CT molecular complexity index is 486. The molecule has 0 aliphatic rings. The van der Waals surface area contributed by atoms with Gasteiger partial charge in [0.1, 0.15) is 0 Å². The molecular formula is C17H24F3NO2. The van der Waals surface area contributed by atoms with Gasteiger partial charge in [0.25, 0.3) is 0 Å². The molecular weight excluding hydrogens is 307 g/mol. The van der Waals surface area contributed by atoms with Crippen LogP contribution in [-0.2, 0) is 17.4 Å². The van der Waals surface area contributed by atoms with Crippen molar-refractivity contribution in [3.63, 3.8) is 0 Å². The third kappa shape index (κ3) is 6.60. The van der Waals surface area contributed by atoms with Crippen LogP contribution in [0.15, 0.2) is 24.3 Å². The summed E-state index contributed by atoms with van der Waals surface area (Å²) in [6, 6.07) is 5.20. The lowest BCUT2D eigenvalue weighted by molar-refractivity contribution is -0.142. The molecule has 130 valence electrons. The summed E-state index contributed by atoms with van der Waals surface area (Å²) in [6.07, 6.45) is -0.525. The lowest BCUT2D eigenvalue weighted by Crippen LogP contribution is -2.25. The number of carbonyl (C=O) groups is 1. The molecule has 1 aromatic rings. The van der Waals surface area contributed by atoms with Gasteiger partial charge in [-0.3, -0.25) is 4.79 Å². The first-order valence-electron chi connectivity index (χ1n) is 7.86. The van der Waals surface area contributed by atoms with E-state index in [1.54, 1.807) is 0 Å². The predicted octanol–water partition coefficient (Wildman–Crippen LogP) is 4.10. The highest BCUT2D eigenvalue weighted by molar-refractivity contribution is 5.70. The van der Waals surface area contributed by atoms with Crippen molar-refractivity contribution in [3.05, 3.63) is 35.4 Å². The molecule has 1 rings (SSSR count). The number of aryl methyl sites for hydroxylation is 1. The van der Waals surface area contributed by atoms with E-state index >= 15 is 0 Å². The van der Waals surface area contributed by atoms with Gasteiger partial charge in [0.2, 0.25) is 0 Å². The lowest BCUT2D eigenvalue weighted by Gasteiger charge is -2.18. The molecule has 0 aromatic heterocycles. The van der Waals surface area contributed by atoms with Gasteiger partial charge in [-0.2, -0.15) is 13.2 Å². The Hall–Kier alpha value is -1.56. The molecule has 1 aromatic carbocycles. The van der Waals surface area contributed by atoms with Crippen molar-refractivity contribution in [2.24, 2.45) is 17.6 Å². The van der Waals surface area contributed by atoms with Crippen LogP contribution in [0.25, 0.3) is 0 Å². The average Bonchev–Trinajstić information content (AvgIpc) is 2.50. The van der Waals surface area contributed by atoms with Gasteiger partial charge in [0.05, 0.1) is 11.5 Å². The van der Waals surface area contributed by atoms with E-state index in [0.29, 0.717) is 12.8 Å². The highest BCUT2D eigenvalue weighted by Crippen LogP contribution is 2.29. The molecule has 6 heteroatoms. The number of nitrogens with two attached hydrogens (primary N) is 1. The summed E-state index contributed by atoms with van der Waals surface area (Å²) in [4.78, 5) is 11.0. The Labute approximate surface area is 134 Å². The molecule has 0 radical (unpaired) electrons. The Kier molecular flexibility index (Phi) is 7.55. The van der Waals surface area contributed by atoms with Gasteiger partial charge in [-0.25, -0.2) is 0 Å². The summed E-state index contributed by atoms with van der Waals surface area (Å²) in [7, 11) is 0. The Morgan fingerprint density at radius 1 is 1.26 bits per heavy atom. The maximum Gasteiger partial charge on any atom is 0.416 e. The molecule has 0 saturated heterocycles. The molecule has 2 atom stereocenters. The minimum atomic E-state index is -4.31. The van der Waals surface area contributed by atoms with Crippen LogP contribution in [0.5, 0.6) is 0 Å². The van der Waals surface area contributed by atoms with Crippen LogP contribution < -0.4 is 5.73 Å². The second kappa shape index (κ2) is 8.91. The van der Waals surface area contributed by atoms with E-state index < -0.39 is 23.6 Å². The fourth-order valence-electron chi connectivity index (χ4n) is 2.64. The number of carboxylic acid groups (broad SMARTS) is 1. The van der Waals surface area contributed by atoms with Crippen LogP contribution in [0.4, 0.5) is 13.2 Å². The van der Waals surface area contributed by atoms with Crippen molar-refractivity contribution >= 4 is 5.97 Å². The normalized spacial score (nSPS) is 14.5. The Balaban J connectivity index is 2.46. The largest absolute Gasteiger partial charge is 0.481 e. The topological polar surface area (TPSA) is 63.3 Å². The average molecular weight is 331 g/mol. The van der Waals surface area contributed by atoms with E-state index in [1.165, 1.54) is 12.1 Å². The van der Waals surface area contributed by atoms with E-state index in [4.69, 9.17) is 10.8 Å². The highest BCUT2D eigenvalue weighted by atomic mass is 19.4. The van der Waals surface area contributed by atoms with E-state index in [9.17, 15) is 18.0 Å². The maximum absolute atomic E-state index is 12.5. The molecule has 0 aliphatic carbocycles. The maximum atomic E-state index is 12.5. The second-order valence-electron chi connectivity index (χ2n) is 5.87. The summed E-state index contributed by atoms with van der Waals surface area (Å²) < 4.78 is 37.5. The van der Waals surface area contributed by atoms with Gasteiger partial charge in [0, 0.05) is 6.54 Å². The number of alkyl halides is 3. The molecule has 0 aliphatic heterocycles. The molecule has 0 bridgehead atoms. The van der Waals surface area contributed by atoms with E-state index in [-0.39, 0.29) is 12.5 Å². The zero-order chi connectivity index (χ0) is 17.5. The van der Waals surface area contributed by atoms with E-state index in [0.717, 1.165) is 37.0 Å². The van der Waals surface area contributed by atoms with Gasteiger partial charge in [0.15, 0.2) is 0 Å². The zero-order valence-corrected chi connectivity index (χ0v) is 13.3. The number of aliphatic carboxylic acids is 1. The summed E-state index contributed by atoms with van der Waals surface area (Å²) in [5, 5.41) is 9.04. The van der Waals surface area contributed by atoms with Crippen molar-refractivity contribution in [1.29, 1.82) is 0 Å². The molecule has 0 saturated carbocycles. The van der Waals surface area contributed by atoms with Crippen LogP contribution in [0.3, 0.4) is 0 Å². The lowest BCUT2D eigenvalue weighted by atomic mass is 9.88. The monoisotopic (exact) mass is 331 g/mol. The summed E-state index contributed by atoms with van der Waals surface area (Å²) in [5.74, 6) is -1.12. The second-order valence-corrected chi connectivity index (χ2v) is 5.87. The number of halogens is 3. The van der Waals surface area contributed by atoms with E-state index in [2.05, 4.69) is 0 Å². The van der Waals surface area contributed by atoms with Crippen LogP contribution in [-0.4, -0.2) is 17.6 Å². The number of benzene rings is 1. The SMILES string of the molecule is CCC(CCCc1ccc(C(F)(F)F)cc1)CC(CN)C(=O)O. The number of hydrogen-bond acceptors (Lipinski definition) is 2. The molecule has 0 amide bonds. The third-order valence-electron chi connectivity index (χ3n) is 4.19. The first kappa shape index (κ1) is 19.5. The molecule has 0 heterocycles. The predicted molar refractivity (Wildman–Crippen MR) is 83.0 cm³/mol. The smallest absolute Gasteiger partial charge is 0.416 e. The van der Waals surface area contributed by atoms with Gasteiger partial charge in [-0.1, -0.05) is 31.9 Å². The zero-order valence-electron chi connectivity index (χ0n) is 13.3. The first-order chi connectivity index (χ1) is 10.8. The van der Waals surface area contributed by atoms with E-state index in [1.807, 2.05) is 6.92 Å². The molecule has 23 heavy (non-hydrogen) atoms. The van der Waals surface area contributed by atoms with Crippen molar-refractivity contribution in [1.82, 2.24) is 0 Å². The van der Waals surface area contributed by atoms with Crippen LogP contribution >= 0.6 is 0 Å². The molecule has 0 spiro atoms. The number of hydrogen-bond donors (Lipinski definition) is 2. The van der Waals surface area contributed by atoms with Crippen molar-refractivity contribution < 1.29 is 23.1 Å². The number of carboxylic acids is 1. The molecule has 3 nitrogen and oxygen atoms in total. The van der Waals surface area contributed by atoms with Crippen LogP contribution in [0, 0.1) is 11.8 Å². The standard InChI is InChI=1S/C17H24F3NO2/c1-2-12(10-14(11-21)16(22)23)4-3-5-13-6-8-15(9-7-13)17(18,19)20/h6-9,12,14H,2-5,10-11,21H2,1H3,(H,22,23). The minimum absolute atomic E-state index is 0.130. The fourth-order valence-corrected chi connectivity index (χ4v) is 2.64.